The van der Waals surface area contributed by atoms with Crippen LogP contribution in [0.2, 0.25) is 5.02 Å². The van der Waals surface area contributed by atoms with E-state index >= 15 is 0 Å². The number of para-hydroxylation sites is 1. The second-order valence-corrected chi connectivity index (χ2v) is 5.10. The van der Waals surface area contributed by atoms with E-state index in [0.717, 1.165) is 5.39 Å². The van der Waals surface area contributed by atoms with Crippen molar-refractivity contribution in [2.45, 2.75) is 26.1 Å². The van der Waals surface area contributed by atoms with Crippen molar-refractivity contribution in [3.63, 3.8) is 0 Å². The van der Waals surface area contributed by atoms with Crippen LogP contribution in [-0.4, -0.2) is 18.3 Å². The van der Waals surface area contributed by atoms with Crippen molar-refractivity contribution in [1.29, 1.82) is 0 Å². The van der Waals surface area contributed by atoms with Crippen LogP contribution >= 0.6 is 11.6 Å². The second-order valence-electron chi connectivity index (χ2n) is 4.70. The molecule has 0 aliphatic carbocycles. The van der Waals surface area contributed by atoms with Crippen LogP contribution < -0.4 is 0 Å². The fourth-order valence-electron chi connectivity index (χ4n) is 2.12. The number of benzene rings is 1. The van der Waals surface area contributed by atoms with Crippen molar-refractivity contribution in [1.82, 2.24) is 0 Å². The molecule has 3 nitrogen and oxygen atoms in total. The fourth-order valence-corrected chi connectivity index (χ4v) is 2.34. The summed E-state index contributed by atoms with van der Waals surface area (Å²) in [4.78, 5) is 0. The molecule has 0 fully saturated rings. The van der Waals surface area contributed by atoms with Gasteiger partial charge in [-0.1, -0.05) is 37.6 Å². The molecule has 0 spiro atoms. The predicted octanol–water partition coefficient (Wildman–Crippen LogP) is 3.79. The topological polar surface area (TPSA) is 42.6 Å². The molecular weight excluding hydrogens is 252 g/mol. The van der Waals surface area contributed by atoms with Gasteiger partial charge in [-0.05, 0) is 18.1 Å². The number of ether oxygens (including phenoxy) is 1. The van der Waals surface area contributed by atoms with Crippen molar-refractivity contribution < 1.29 is 14.3 Å². The highest BCUT2D eigenvalue weighted by atomic mass is 35.5. The van der Waals surface area contributed by atoms with Gasteiger partial charge in [0.2, 0.25) is 0 Å². The zero-order chi connectivity index (χ0) is 13.3. The maximum atomic E-state index is 10.3. The van der Waals surface area contributed by atoms with Crippen molar-refractivity contribution in [2.75, 3.05) is 7.11 Å². The molecular formula is C14H17ClO3. The molecule has 2 aromatic rings. The third kappa shape index (κ3) is 2.39. The van der Waals surface area contributed by atoms with E-state index in [-0.39, 0.29) is 12.0 Å². The summed E-state index contributed by atoms with van der Waals surface area (Å²) in [7, 11) is 1.59. The van der Waals surface area contributed by atoms with Crippen molar-refractivity contribution in [2.24, 2.45) is 5.92 Å². The standard InChI is InChI=1S/C14H17ClO3/c1-8(2)13(17-3)12(16)11-7-9-5-4-6-10(15)14(9)18-11/h4-8,12-13,16H,1-3H3. The molecule has 0 aliphatic rings. The third-order valence-electron chi connectivity index (χ3n) is 3.05. The average molecular weight is 269 g/mol. The van der Waals surface area contributed by atoms with Gasteiger partial charge in [0.1, 0.15) is 11.9 Å². The highest BCUT2D eigenvalue weighted by Gasteiger charge is 2.27. The number of aliphatic hydroxyl groups excluding tert-OH is 1. The lowest BCUT2D eigenvalue weighted by molar-refractivity contribution is -0.0473. The summed E-state index contributed by atoms with van der Waals surface area (Å²) in [5.74, 6) is 0.673. The Balaban J connectivity index is 2.39. The Bertz CT molecular complexity index is 533. The van der Waals surface area contributed by atoms with Crippen LogP contribution in [0, 0.1) is 5.92 Å². The molecule has 0 saturated carbocycles. The van der Waals surface area contributed by atoms with E-state index in [2.05, 4.69) is 0 Å². The van der Waals surface area contributed by atoms with Crippen LogP contribution in [0.15, 0.2) is 28.7 Å². The van der Waals surface area contributed by atoms with Crippen LogP contribution in [-0.2, 0) is 4.74 Å². The summed E-state index contributed by atoms with van der Waals surface area (Å²) in [5.41, 5.74) is 0.604. The largest absolute Gasteiger partial charge is 0.457 e. The Morgan fingerprint density at radius 3 is 2.61 bits per heavy atom. The average Bonchev–Trinajstić information content (AvgIpc) is 2.74. The normalized spacial score (nSPS) is 15.2. The van der Waals surface area contributed by atoms with Crippen LogP contribution in [0.5, 0.6) is 0 Å². The van der Waals surface area contributed by atoms with Crippen LogP contribution in [0.25, 0.3) is 11.0 Å². The highest BCUT2D eigenvalue weighted by molar-refractivity contribution is 6.34. The number of methoxy groups -OCH3 is 1. The highest BCUT2D eigenvalue weighted by Crippen LogP contribution is 2.32. The maximum absolute atomic E-state index is 10.3. The summed E-state index contributed by atoms with van der Waals surface area (Å²) in [6.45, 7) is 3.99. The van der Waals surface area contributed by atoms with E-state index in [4.69, 9.17) is 20.8 Å². The molecule has 0 radical (unpaired) electrons. The van der Waals surface area contributed by atoms with E-state index < -0.39 is 6.10 Å². The molecule has 1 aromatic heterocycles. The quantitative estimate of drug-likeness (QED) is 0.917. The van der Waals surface area contributed by atoms with E-state index in [1.807, 2.05) is 26.0 Å². The lowest BCUT2D eigenvalue weighted by atomic mass is 10.00. The summed E-state index contributed by atoms with van der Waals surface area (Å²) >= 11 is 6.04. The SMILES string of the molecule is COC(C(C)C)C(O)c1cc2cccc(Cl)c2o1. The second kappa shape index (κ2) is 5.31. The van der Waals surface area contributed by atoms with Crippen molar-refractivity contribution in [3.8, 4) is 0 Å². The van der Waals surface area contributed by atoms with E-state index in [0.29, 0.717) is 16.4 Å². The van der Waals surface area contributed by atoms with E-state index in [1.165, 1.54) is 0 Å². The van der Waals surface area contributed by atoms with Crippen molar-refractivity contribution in [3.05, 3.63) is 35.0 Å². The van der Waals surface area contributed by atoms with Crippen molar-refractivity contribution >= 4 is 22.6 Å². The smallest absolute Gasteiger partial charge is 0.152 e. The number of rotatable bonds is 4. The molecule has 0 amide bonds. The Morgan fingerprint density at radius 1 is 1.33 bits per heavy atom. The molecule has 0 saturated heterocycles. The van der Waals surface area contributed by atoms with Gasteiger partial charge in [0, 0.05) is 12.5 Å². The molecule has 1 N–H and O–H groups in total. The molecule has 2 atom stereocenters. The molecule has 2 rings (SSSR count). The van der Waals surface area contributed by atoms with Gasteiger partial charge in [-0.2, -0.15) is 0 Å². The number of halogens is 1. The van der Waals surface area contributed by atoms with Crippen LogP contribution in [0.1, 0.15) is 25.7 Å². The molecule has 4 heteroatoms. The number of hydrogen-bond donors (Lipinski definition) is 1. The first-order chi connectivity index (χ1) is 8.54. The lowest BCUT2D eigenvalue weighted by Gasteiger charge is -2.23. The monoisotopic (exact) mass is 268 g/mol. The molecule has 1 aromatic carbocycles. The first-order valence-corrected chi connectivity index (χ1v) is 6.31. The minimum Gasteiger partial charge on any atom is -0.457 e. The molecule has 0 aliphatic heterocycles. The van der Waals surface area contributed by atoms with Gasteiger partial charge < -0.3 is 14.3 Å². The van der Waals surface area contributed by atoms with Gasteiger partial charge >= 0.3 is 0 Å². The van der Waals surface area contributed by atoms with Gasteiger partial charge in [-0.15, -0.1) is 0 Å². The zero-order valence-electron chi connectivity index (χ0n) is 10.7. The molecule has 2 unspecified atom stereocenters. The van der Waals surface area contributed by atoms with Gasteiger partial charge in [0.05, 0.1) is 11.1 Å². The molecule has 1 heterocycles. The van der Waals surface area contributed by atoms with Crippen LogP contribution in [0.4, 0.5) is 0 Å². The van der Waals surface area contributed by atoms with Gasteiger partial charge in [0.25, 0.3) is 0 Å². The zero-order valence-corrected chi connectivity index (χ0v) is 11.4. The Labute approximate surface area is 111 Å². The number of fused-ring (bicyclic) bond motifs is 1. The van der Waals surface area contributed by atoms with Gasteiger partial charge in [0.15, 0.2) is 5.58 Å². The van der Waals surface area contributed by atoms with E-state index in [9.17, 15) is 5.11 Å². The lowest BCUT2D eigenvalue weighted by Crippen LogP contribution is -2.26. The molecule has 98 valence electrons. The summed E-state index contributed by atoms with van der Waals surface area (Å²) in [6, 6.07) is 7.32. The minimum absolute atomic E-state index is 0.189. The Morgan fingerprint density at radius 2 is 2.06 bits per heavy atom. The fraction of sp³-hybridized carbons (Fsp3) is 0.429. The van der Waals surface area contributed by atoms with Crippen LogP contribution in [0.3, 0.4) is 0 Å². The predicted molar refractivity (Wildman–Crippen MR) is 71.8 cm³/mol. The van der Waals surface area contributed by atoms with Gasteiger partial charge in [-0.25, -0.2) is 0 Å². The summed E-state index contributed by atoms with van der Waals surface area (Å²) < 4.78 is 10.9. The summed E-state index contributed by atoms with van der Waals surface area (Å²) in [6.07, 6.45) is -1.09. The first kappa shape index (κ1) is 13.4. The minimum atomic E-state index is -0.793. The molecule has 18 heavy (non-hydrogen) atoms. The Kier molecular flexibility index (Phi) is 3.95. The summed E-state index contributed by atoms with van der Waals surface area (Å²) in [5, 5.41) is 11.7. The first-order valence-electron chi connectivity index (χ1n) is 5.93. The maximum Gasteiger partial charge on any atom is 0.152 e. The third-order valence-corrected chi connectivity index (χ3v) is 3.34. The number of hydrogen-bond acceptors (Lipinski definition) is 3. The number of aliphatic hydroxyl groups is 1. The van der Waals surface area contributed by atoms with E-state index in [1.54, 1.807) is 19.2 Å². The van der Waals surface area contributed by atoms with Gasteiger partial charge in [-0.3, -0.25) is 0 Å². The molecule has 0 bridgehead atoms. The Hall–Kier alpha value is -1.03. The number of furan rings is 1.